The molecular weight excluding hydrogens is 392 g/mol. The highest BCUT2D eigenvalue weighted by Gasteiger charge is 2.60. The second kappa shape index (κ2) is 9.21. The largest absolute Gasteiger partial charge is 0.386 e. The van der Waals surface area contributed by atoms with Crippen LogP contribution in [0.3, 0.4) is 0 Å². The first-order valence-electron chi connectivity index (χ1n) is 13.8. The van der Waals surface area contributed by atoms with Gasteiger partial charge in [0.2, 0.25) is 0 Å². The number of aliphatic hydroxyl groups is 1. The number of methoxy groups -OCH3 is 1. The Bertz CT molecular complexity index is 722. The van der Waals surface area contributed by atoms with Gasteiger partial charge in [0.25, 0.3) is 0 Å². The van der Waals surface area contributed by atoms with Gasteiger partial charge in [-0.3, -0.25) is 0 Å². The number of hydrogen-bond acceptors (Lipinski definition) is 2. The van der Waals surface area contributed by atoms with Crippen LogP contribution in [0.25, 0.3) is 0 Å². The van der Waals surface area contributed by atoms with Crippen LogP contribution in [-0.2, 0) is 4.74 Å². The van der Waals surface area contributed by atoms with E-state index in [1.165, 1.54) is 50.5 Å². The molecule has 4 aliphatic rings. The Morgan fingerprint density at radius 1 is 1.06 bits per heavy atom. The highest BCUT2D eigenvalue weighted by molar-refractivity contribution is 5.29. The standard InChI is InChI=1S/C30H50O2/c1-8-21(19(2)3)10-9-20(4)23-13-14-24-22-11-12-26-28(31)27(32-7)16-18-30(26,6)25(22)15-17-29(23,24)5/h9-10,12,19-25,27-28,31H,8,11,13-18H2,1-7H3/b10-9+/t20-,21+,22+,23-,24+,25+,27+,28-,29-,30-/m1/s1. The minimum atomic E-state index is -0.401. The van der Waals surface area contributed by atoms with E-state index in [9.17, 15) is 5.11 Å². The molecular formula is C30H50O2. The van der Waals surface area contributed by atoms with Gasteiger partial charge in [0.05, 0.1) is 6.10 Å². The van der Waals surface area contributed by atoms with Crippen molar-refractivity contribution >= 4 is 0 Å². The Balaban J connectivity index is 1.53. The molecule has 0 bridgehead atoms. The fraction of sp³-hybridized carbons (Fsp3) is 0.867. The topological polar surface area (TPSA) is 29.5 Å². The van der Waals surface area contributed by atoms with E-state index >= 15 is 0 Å². The fourth-order valence-electron chi connectivity index (χ4n) is 9.14. The van der Waals surface area contributed by atoms with Gasteiger partial charge in [-0.25, -0.2) is 0 Å². The number of allylic oxidation sites excluding steroid dienone is 3. The molecule has 0 spiro atoms. The number of rotatable bonds is 6. The highest BCUT2D eigenvalue weighted by Crippen LogP contribution is 2.67. The van der Waals surface area contributed by atoms with Crippen molar-refractivity contribution in [3.05, 3.63) is 23.8 Å². The summed E-state index contributed by atoms with van der Waals surface area (Å²) in [5.41, 5.74) is 1.97. The minimum Gasteiger partial charge on any atom is -0.386 e. The molecule has 10 atom stereocenters. The van der Waals surface area contributed by atoms with Crippen LogP contribution in [0, 0.1) is 52.3 Å². The molecule has 4 rings (SSSR count). The summed E-state index contributed by atoms with van der Waals surface area (Å²) < 4.78 is 5.62. The van der Waals surface area contributed by atoms with Crippen molar-refractivity contribution < 1.29 is 9.84 Å². The van der Waals surface area contributed by atoms with Crippen LogP contribution in [0.2, 0.25) is 0 Å². The van der Waals surface area contributed by atoms with Crippen molar-refractivity contribution in [3.8, 4) is 0 Å². The maximum atomic E-state index is 11.0. The average Bonchev–Trinajstić information content (AvgIpc) is 3.11. The predicted molar refractivity (Wildman–Crippen MR) is 134 cm³/mol. The molecule has 0 aromatic rings. The van der Waals surface area contributed by atoms with Crippen molar-refractivity contribution in [2.75, 3.05) is 7.11 Å². The second-order valence-corrected chi connectivity index (χ2v) is 12.7. The van der Waals surface area contributed by atoms with Crippen LogP contribution in [-0.4, -0.2) is 24.4 Å². The monoisotopic (exact) mass is 442 g/mol. The zero-order valence-electron chi connectivity index (χ0n) is 21.9. The van der Waals surface area contributed by atoms with E-state index in [0.717, 1.165) is 36.0 Å². The molecule has 182 valence electrons. The van der Waals surface area contributed by atoms with Gasteiger partial charge in [0.1, 0.15) is 6.10 Å². The molecule has 3 fully saturated rings. The van der Waals surface area contributed by atoms with E-state index in [4.69, 9.17) is 4.74 Å². The van der Waals surface area contributed by atoms with Crippen molar-refractivity contribution in [2.45, 2.75) is 105 Å². The summed E-state index contributed by atoms with van der Waals surface area (Å²) in [5.74, 6) is 5.34. The summed E-state index contributed by atoms with van der Waals surface area (Å²) >= 11 is 0. The van der Waals surface area contributed by atoms with E-state index < -0.39 is 6.10 Å². The quantitative estimate of drug-likeness (QED) is 0.433. The molecule has 2 nitrogen and oxygen atoms in total. The third-order valence-corrected chi connectivity index (χ3v) is 11.1. The van der Waals surface area contributed by atoms with Gasteiger partial charge in [-0.2, -0.15) is 0 Å². The first kappa shape index (κ1) is 24.5. The molecule has 0 amide bonds. The highest BCUT2D eigenvalue weighted by atomic mass is 16.5. The Morgan fingerprint density at radius 3 is 2.47 bits per heavy atom. The molecule has 0 radical (unpaired) electrons. The summed E-state index contributed by atoms with van der Waals surface area (Å²) in [6, 6.07) is 0. The SMILES string of the molecule is CC[C@@H](/C=C/[C@@H](C)[C@H]1CC[C@H]2[C@@H]3CC=C4[C@@H](O)[C@@H](OC)CC[C@]4(C)[C@H]3CC[C@]12C)C(C)C. The molecule has 32 heavy (non-hydrogen) atoms. The molecule has 0 saturated heterocycles. The normalized spacial score (nSPS) is 45.8. The maximum Gasteiger partial charge on any atom is 0.102 e. The number of aliphatic hydroxyl groups excluding tert-OH is 1. The molecule has 3 saturated carbocycles. The van der Waals surface area contributed by atoms with E-state index in [1.807, 2.05) is 0 Å². The number of hydrogen-bond donors (Lipinski definition) is 1. The molecule has 0 aromatic heterocycles. The van der Waals surface area contributed by atoms with Gasteiger partial charge in [-0.1, -0.05) is 59.8 Å². The Kier molecular flexibility index (Phi) is 7.06. The van der Waals surface area contributed by atoms with E-state index in [0.29, 0.717) is 17.3 Å². The summed E-state index contributed by atoms with van der Waals surface area (Å²) in [6.07, 6.45) is 17.3. The van der Waals surface area contributed by atoms with Crippen LogP contribution in [0.5, 0.6) is 0 Å². The van der Waals surface area contributed by atoms with Gasteiger partial charge in [-0.15, -0.1) is 0 Å². The lowest BCUT2D eigenvalue weighted by molar-refractivity contribution is -0.0865. The lowest BCUT2D eigenvalue weighted by atomic mass is 9.46. The maximum absolute atomic E-state index is 11.0. The van der Waals surface area contributed by atoms with Gasteiger partial charge < -0.3 is 9.84 Å². The van der Waals surface area contributed by atoms with Crippen molar-refractivity contribution in [1.29, 1.82) is 0 Å². The molecule has 1 N–H and O–H groups in total. The third kappa shape index (κ3) is 3.86. The number of ether oxygens (including phenoxy) is 1. The van der Waals surface area contributed by atoms with Crippen LogP contribution in [0.4, 0.5) is 0 Å². The third-order valence-electron chi connectivity index (χ3n) is 11.1. The van der Waals surface area contributed by atoms with E-state index in [-0.39, 0.29) is 11.5 Å². The molecule has 4 aliphatic carbocycles. The van der Waals surface area contributed by atoms with Crippen molar-refractivity contribution in [2.24, 2.45) is 52.3 Å². The Labute approximate surface area is 198 Å². The summed E-state index contributed by atoms with van der Waals surface area (Å²) in [4.78, 5) is 0. The van der Waals surface area contributed by atoms with Gasteiger partial charge in [-0.05, 0) is 109 Å². The zero-order chi connectivity index (χ0) is 23.3. The van der Waals surface area contributed by atoms with Crippen LogP contribution in [0.1, 0.15) is 92.9 Å². The second-order valence-electron chi connectivity index (χ2n) is 12.7. The van der Waals surface area contributed by atoms with Gasteiger partial charge in [0.15, 0.2) is 0 Å². The van der Waals surface area contributed by atoms with Crippen LogP contribution >= 0.6 is 0 Å². The Hall–Kier alpha value is -0.600. The van der Waals surface area contributed by atoms with Crippen molar-refractivity contribution in [3.63, 3.8) is 0 Å². The van der Waals surface area contributed by atoms with Gasteiger partial charge >= 0.3 is 0 Å². The predicted octanol–water partition coefficient (Wildman–Crippen LogP) is 7.43. The first-order valence-corrected chi connectivity index (χ1v) is 13.8. The fourth-order valence-corrected chi connectivity index (χ4v) is 9.14. The lowest BCUT2D eigenvalue weighted by Crippen LogP contribution is -2.54. The molecule has 0 heterocycles. The minimum absolute atomic E-state index is 0.0129. The van der Waals surface area contributed by atoms with Crippen LogP contribution in [0.15, 0.2) is 23.8 Å². The summed E-state index contributed by atoms with van der Waals surface area (Å²) in [7, 11) is 1.76. The Morgan fingerprint density at radius 2 is 1.81 bits per heavy atom. The lowest BCUT2D eigenvalue weighted by Gasteiger charge is -2.59. The zero-order valence-corrected chi connectivity index (χ0v) is 21.9. The molecule has 0 aromatic carbocycles. The molecule has 0 aliphatic heterocycles. The average molecular weight is 443 g/mol. The van der Waals surface area contributed by atoms with Crippen LogP contribution < -0.4 is 0 Å². The summed E-state index contributed by atoms with van der Waals surface area (Å²) in [5, 5.41) is 11.0. The molecule has 2 heteroatoms. The first-order chi connectivity index (χ1) is 15.2. The van der Waals surface area contributed by atoms with E-state index in [1.54, 1.807) is 7.11 Å². The van der Waals surface area contributed by atoms with Crippen molar-refractivity contribution in [1.82, 2.24) is 0 Å². The van der Waals surface area contributed by atoms with Gasteiger partial charge in [0, 0.05) is 7.11 Å². The smallest absolute Gasteiger partial charge is 0.102 e. The summed E-state index contributed by atoms with van der Waals surface area (Å²) in [6.45, 7) is 14.7. The van der Waals surface area contributed by atoms with E-state index in [2.05, 4.69) is 59.8 Å². The number of fused-ring (bicyclic) bond motifs is 5. The molecule has 0 unspecified atom stereocenters.